The Kier molecular flexibility index (Phi) is 6.07. The van der Waals surface area contributed by atoms with E-state index < -0.39 is 0 Å². The molecule has 1 aliphatic heterocycles. The fraction of sp³-hybridized carbons (Fsp3) is 0.381. The summed E-state index contributed by atoms with van der Waals surface area (Å²) in [7, 11) is 0. The van der Waals surface area contributed by atoms with Gasteiger partial charge >= 0.3 is 0 Å². The number of phenols is 1. The third kappa shape index (κ3) is 4.83. The van der Waals surface area contributed by atoms with Gasteiger partial charge < -0.3 is 15.2 Å². The number of hydrogen-bond acceptors (Lipinski definition) is 3. The maximum absolute atomic E-state index is 12.6. The average Bonchev–Trinajstić information content (AvgIpc) is 2.67. The van der Waals surface area contributed by atoms with Gasteiger partial charge in [-0.15, -0.1) is 0 Å². The summed E-state index contributed by atoms with van der Waals surface area (Å²) in [5.41, 5.74) is 2.24. The van der Waals surface area contributed by atoms with E-state index in [-0.39, 0.29) is 23.7 Å². The largest absolute Gasteiger partial charge is 0.508 e. The lowest BCUT2D eigenvalue weighted by Crippen LogP contribution is -2.38. The summed E-state index contributed by atoms with van der Waals surface area (Å²) in [5, 5.41) is 12.4. The van der Waals surface area contributed by atoms with Crippen molar-refractivity contribution in [2.75, 3.05) is 13.2 Å². The van der Waals surface area contributed by atoms with E-state index >= 15 is 0 Å². The highest BCUT2D eigenvalue weighted by Gasteiger charge is 2.32. The Morgan fingerprint density at radius 1 is 1.12 bits per heavy atom. The molecule has 0 spiro atoms. The summed E-state index contributed by atoms with van der Waals surface area (Å²) >= 11 is 0. The molecule has 0 aliphatic carbocycles. The van der Waals surface area contributed by atoms with Crippen molar-refractivity contribution in [2.45, 2.75) is 31.8 Å². The van der Waals surface area contributed by atoms with Crippen molar-refractivity contribution in [2.24, 2.45) is 5.92 Å². The summed E-state index contributed by atoms with van der Waals surface area (Å²) in [4.78, 5) is 12.6. The minimum absolute atomic E-state index is 0.0826. The lowest BCUT2D eigenvalue weighted by molar-refractivity contribution is -0.134. The van der Waals surface area contributed by atoms with Gasteiger partial charge in [0.2, 0.25) is 5.91 Å². The van der Waals surface area contributed by atoms with E-state index in [0.717, 1.165) is 36.8 Å². The van der Waals surface area contributed by atoms with Crippen LogP contribution in [0.1, 0.15) is 36.5 Å². The van der Waals surface area contributed by atoms with Gasteiger partial charge in [-0.2, -0.15) is 0 Å². The SMILES string of the molecule is O=C(NCCCc1ccc(O)cc1)C1CCCOC1c1ccccc1. The van der Waals surface area contributed by atoms with Crippen LogP contribution in [0.5, 0.6) is 5.75 Å². The molecule has 1 amide bonds. The lowest BCUT2D eigenvalue weighted by atomic mass is 9.88. The van der Waals surface area contributed by atoms with Gasteiger partial charge in [-0.25, -0.2) is 0 Å². The normalized spacial score (nSPS) is 20.2. The number of aromatic hydroxyl groups is 1. The first-order valence-corrected chi connectivity index (χ1v) is 8.96. The molecular weight excluding hydrogens is 314 g/mol. The van der Waals surface area contributed by atoms with Crippen LogP contribution in [0.25, 0.3) is 0 Å². The van der Waals surface area contributed by atoms with Gasteiger partial charge in [0.25, 0.3) is 0 Å². The molecule has 2 aromatic carbocycles. The van der Waals surface area contributed by atoms with E-state index in [0.29, 0.717) is 13.2 Å². The highest BCUT2D eigenvalue weighted by molar-refractivity contribution is 5.79. The molecule has 25 heavy (non-hydrogen) atoms. The van der Waals surface area contributed by atoms with Crippen LogP contribution in [-0.4, -0.2) is 24.2 Å². The molecule has 4 heteroatoms. The van der Waals surface area contributed by atoms with Gasteiger partial charge in [0.1, 0.15) is 5.75 Å². The summed E-state index contributed by atoms with van der Waals surface area (Å²) in [6, 6.07) is 17.2. The summed E-state index contributed by atoms with van der Waals surface area (Å²) < 4.78 is 5.90. The standard InChI is InChI=1S/C21H25NO3/c23-18-12-10-16(11-13-18)6-4-14-22-21(24)19-9-5-15-25-20(19)17-7-2-1-3-8-17/h1-3,7-8,10-13,19-20,23H,4-6,9,14-15H2,(H,22,24). The van der Waals surface area contributed by atoms with Gasteiger partial charge in [0.05, 0.1) is 12.0 Å². The number of ether oxygens (including phenoxy) is 1. The summed E-state index contributed by atoms with van der Waals surface area (Å²) in [6.45, 7) is 1.36. The van der Waals surface area contributed by atoms with Crippen molar-refractivity contribution in [1.29, 1.82) is 0 Å². The van der Waals surface area contributed by atoms with E-state index in [1.807, 2.05) is 42.5 Å². The zero-order valence-corrected chi connectivity index (χ0v) is 14.4. The molecule has 3 rings (SSSR count). The fourth-order valence-corrected chi connectivity index (χ4v) is 3.32. The maximum Gasteiger partial charge on any atom is 0.226 e. The smallest absolute Gasteiger partial charge is 0.226 e. The Balaban J connectivity index is 1.50. The molecule has 0 aromatic heterocycles. The Bertz CT molecular complexity index is 669. The van der Waals surface area contributed by atoms with Gasteiger partial charge in [-0.3, -0.25) is 4.79 Å². The van der Waals surface area contributed by atoms with Crippen LogP contribution in [0.2, 0.25) is 0 Å². The van der Waals surface area contributed by atoms with Crippen LogP contribution in [0.3, 0.4) is 0 Å². The number of benzene rings is 2. The average molecular weight is 339 g/mol. The van der Waals surface area contributed by atoms with Crippen LogP contribution in [0, 0.1) is 5.92 Å². The minimum Gasteiger partial charge on any atom is -0.508 e. The van der Waals surface area contributed by atoms with Gasteiger partial charge in [0.15, 0.2) is 0 Å². The number of aryl methyl sites for hydroxylation is 1. The Morgan fingerprint density at radius 2 is 1.88 bits per heavy atom. The second kappa shape index (κ2) is 8.67. The fourth-order valence-electron chi connectivity index (χ4n) is 3.32. The quantitative estimate of drug-likeness (QED) is 0.791. The molecule has 2 unspecified atom stereocenters. The zero-order chi connectivity index (χ0) is 17.5. The number of amides is 1. The molecule has 1 saturated heterocycles. The molecule has 0 bridgehead atoms. The Morgan fingerprint density at radius 3 is 2.64 bits per heavy atom. The molecule has 2 aromatic rings. The lowest BCUT2D eigenvalue weighted by Gasteiger charge is -2.31. The first kappa shape index (κ1) is 17.5. The molecule has 0 radical (unpaired) electrons. The van der Waals surface area contributed by atoms with Gasteiger partial charge in [0, 0.05) is 13.2 Å². The topological polar surface area (TPSA) is 58.6 Å². The molecule has 1 aliphatic rings. The summed E-state index contributed by atoms with van der Waals surface area (Å²) in [5.74, 6) is 0.241. The van der Waals surface area contributed by atoms with E-state index in [1.54, 1.807) is 12.1 Å². The third-order valence-electron chi connectivity index (χ3n) is 4.67. The van der Waals surface area contributed by atoms with Gasteiger partial charge in [-0.05, 0) is 48.9 Å². The van der Waals surface area contributed by atoms with Crippen molar-refractivity contribution >= 4 is 5.91 Å². The van der Waals surface area contributed by atoms with Crippen molar-refractivity contribution in [3.63, 3.8) is 0 Å². The minimum atomic E-state index is -0.146. The van der Waals surface area contributed by atoms with Crippen molar-refractivity contribution in [3.8, 4) is 5.75 Å². The molecule has 4 nitrogen and oxygen atoms in total. The molecule has 132 valence electrons. The molecular formula is C21H25NO3. The Labute approximate surface area is 148 Å². The number of carbonyl (C=O) groups excluding carboxylic acids is 1. The van der Waals surface area contributed by atoms with Gasteiger partial charge in [-0.1, -0.05) is 42.5 Å². The number of rotatable bonds is 6. The highest BCUT2D eigenvalue weighted by Crippen LogP contribution is 2.33. The predicted molar refractivity (Wildman–Crippen MR) is 97.3 cm³/mol. The molecule has 1 fully saturated rings. The first-order valence-electron chi connectivity index (χ1n) is 8.96. The Hall–Kier alpha value is -2.33. The second-order valence-corrected chi connectivity index (χ2v) is 6.51. The number of phenolic OH excluding ortho intramolecular Hbond substituents is 1. The van der Waals surface area contributed by atoms with E-state index in [1.165, 1.54) is 0 Å². The molecule has 2 atom stereocenters. The third-order valence-corrected chi connectivity index (χ3v) is 4.67. The molecule has 0 saturated carbocycles. The van der Waals surface area contributed by atoms with Crippen molar-refractivity contribution < 1.29 is 14.6 Å². The maximum atomic E-state index is 12.6. The molecule has 1 heterocycles. The first-order chi connectivity index (χ1) is 12.2. The second-order valence-electron chi connectivity index (χ2n) is 6.51. The van der Waals surface area contributed by atoms with E-state index in [4.69, 9.17) is 4.74 Å². The van der Waals surface area contributed by atoms with Crippen LogP contribution < -0.4 is 5.32 Å². The van der Waals surface area contributed by atoms with Crippen LogP contribution in [-0.2, 0) is 16.0 Å². The number of hydrogen-bond donors (Lipinski definition) is 2. The van der Waals surface area contributed by atoms with Crippen LogP contribution in [0.15, 0.2) is 54.6 Å². The van der Waals surface area contributed by atoms with Crippen LogP contribution in [0.4, 0.5) is 0 Å². The highest BCUT2D eigenvalue weighted by atomic mass is 16.5. The molecule has 2 N–H and O–H groups in total. The summed E-state index contributed by atoms with van der Waals surface area (Å²) in [6.07, 6.45) is 3.40. The monoisotopic (exact) mass is 339 g/mol. The van der Waals surface area contributed by atoms with Crippen molar-refractivity contribution in [3.05, 3.63) is 65.7 Å². The van der Waals surface area contributed by atoms with E-state index in [2.05, 4.69) is 5.32 Å². The van der Waals surface area contributed by atoms with Crippen molar-refractivity contribution in [1.82, 2.24) is 5.32 Å². The van der Waals surface area contributed by atoms with Crippen LogP contribution >= 0.6 is 0 Å². The predicted octanol–water partition coefficient (Wildman–Crippen LogP) is 3.61. The zero-order valence-electron chi connectivity index (χ0n) is 14.4. The number of nitrogens with one attached hydrogen (secondary N) is 1. The van der Waals surface area contributed by atoms with E-state index in [9.17, 15) is 9.90 Å². The number of carbonyl (C=O) groups is 1.